The number of Topliss-reactive ketones (excluding diaryl/α,β-unsaturated/α-hetero) is 2. The van der Waals surface area contributed by atoms with Crippen LogP contribution in [0.15, 0.2) is 60.7 Å². The third kappa shape index (κ3) is 13.7. The lowest BCUT2D eigenvalue weighted by atomic mass is 9.91. The van der Waals surface area contributed by atoms with Crippen LogP contribution in [-0.2, 0) is 41.5 Å². The molecule has 7 heteroatoms. The molecule has 5 atom stereocenters. The smallest absolute Gasteiger partial charge is 0.309 e. The molecule has 1 N–H and O–H groups in total. The molecule has 0 aromatic heterocycles. The Kier molecular flexibility index (Phi) is 14.5. The zero-order valence-electron chi connectivity index (χ0n) is 25.2. The Balaban J connectivity index is 0.000000479. The molecule has 7 nitrogen and oxygen atoms in total. The second-order valence-corrected chi connectivity index (χ2v) is 11.4. The number of aliphatic hydroxyl groups excluding tert-OH is 1. The number of aliphatic hydroxyl groups is 1. The third-order valence-electron chi connectivity index (χ3n) is 6.39. The van der Waals surface area contributed by atoms with Crippen molar-refractivity contribution in [2.75, 3.05) is 0 Å². The lowest BCUT2D eigenvalue weighted by Gasteiger charge is -2.24. The maximum atomic E-state index is 12.3. The van der Waals surface area contributed by atoms with E-state index in [0.717, 1.165) is 11.1 Å². The first-order valence-corrected chi connectivity index (χ1v) is 13.8. The Morgan fingerprint density at radius 3 is 1.55 bits per heavy atom. The van der Waals surface area contributed by atoms with Crippen molar-refractivity contribution in [2.24, 2.45) is 17.8 Å². The molecule has 0 spiro atoms. The van der Waals surface area contributed by atoms with Crippen LogP contribution in [0, 0.1) is 17.8 Å². The van der Waals surface area contributed by atoms with E-state index in [1.54, 1.807) is 41.5 Å². The predicted molar refractivity (Wildman–Crippen MR) is 155 cm³/mol. The Hall–Kier alpha value is -3.32. The molecule has 0 saturated carbocycles. The molecule has 40 heavy (non-hydrogen) atoms. The van der Waals surface area contributed by atoms with E-state index in [2.05, 4.69) is 0 Å². The van der Waals surface area contributed by atoms with Gasteiger partial charge in [-0.25, -0.2) is 0 Å². The molecule has 0 amide bonds. The van der Waals surface area contributed by atoms with Crippen molar-refractivity contribution in [3.05, 3.63) is 71.8 Å². The van der Waals surface area contributed by atoms with Crippen LogP contribution in [0.3, 0.4) is 0 Å². The summed E-state index contributed by atoms with van der Waals surface area (Å²) in [4.78, 5) is 47.4. The molecular weight excluding hydrogens is 508 g/mol. The number of ether oxygens (including phenoxy) is 2. The highest BCUT2D eigenvalue weighted by Gasteiger charge is 2.29. The van der Waals surface area contributed by atoms with Gasteiger partial charge in [0, 0.05) is 5.92 Å². The Morgan fingerprint density at radius 2 is 1.18 bits per heavy atom. The molecule has 2 aromatic rings. The molecule has 0 aliphatic carbocycles. The number of ketones is 2. The van der Waals surface area contributed by atoms with Gasteiger partial charge in [0.05, 0.1) is 24.4 Å². The number of hydrogen-bond acceptors (Lipinski definition) is 7. The average molecular weight is 555 g/mol. The molecule has 0 heterocycles. The lowest BCUT2D eigenvalue weighted by Crippen LogP contribution is -2.33. The summed E-state index contributed by atoms with van der Waals surface area (Å²) < 4.78 is 10.7. The number of benzene rings is 2. The van der Waals surface area contributed by atoms with Crippen LogP contribution in [0.2, 0.25) is 0 Å². The molecular formula is C33H46O7. The summed E-state index contributed by atoms with van der Waals surface area (Å²) in [5.74, 6) is -2.26. The molecule has 0 saturated heterocycles. The van der Waals surface area contributed by atoms with Gasteiger partial charge in [0.2, 0.25) is 0 Å². The Morgan fingerprint density at radius 1 is 0.750 bits per heavy atom. The van der Waals surface area contributed by atoms with Gasteiger partial charge in [-0.05, 0) is 72.4 Å². The van der Waals surface area contributed by atoms with Gasteiger partial charge in [-0.2, -0.15) is 0 Å². The molecule has 220 valence electrons. The second kappa shape index (κ2) is 16.7. The topological polar surface area (TPSA) is 107 Å². The number of hydrogen-bond donors (Lipinski definition) is 1. The third-order valence-corrected chi connectivity index (χ3v) is 6.39. The Bertz CT molecular complexity index is 1070. The second-order valence-electron chi connectivity index (χ2n) is 11.4. The van der Waals surface area contributed by atoms with Gasteiger partial charge >= 0.3 is 11.9 Å². The minimum absolute atomic E-state index is 0.0334. The largest absolute Gasteiger partial charge is 0.462 e. The fraction of sp³-hybridized carbons (Fsp3) is 0.515. The standard InChI is InChI=1S/C21H30O5.C12H16O2/c1-14(12-19(23)26-21(4,5)6)20(24)25-16(3)18(15(2)22)13-17-10-8-7-9-11-17;1-9(13)12(10(2)14)8-11-6-4-3-5-7-11/h7-11,14,16,18H,12-13H2,1-6H3;3-7,9,12-13H,8H2,1-2H3/t14-,16+,18-;9-,12-/m10/s1. The van der Waals surface area contributed by atoms with E-state index >= 15 is 0 Å². The first-order valence-electron chi connectivity index (χ1n) is 13.8. The molecule has 0 aliphatic heterocycles. The van der Waals surface area contributed by atoms with E-state index in [-0.39, 0.29) is 23.9 Å². The molecule has 2 rings (SSSR count). The maximum absolute atomic E-state index is 12.3. The van der Waals surface area contributed by atoms with Crippen LogP contribution < -0.4 is 0 Å². The normalized spacial score (nSPS) is 14.8. The van der Waals surface area contributed by atoms with E-state index < -0.39 is 41.6 Å². The highest BCUT2D eigenvalue weighted by Crippen LogP contribution is 2.19. The zero-order chi connectivity index (χ0) is 30.5. The molecule has 0 fully saturated rings. The van der Waals surface area contributed by atoms with Crippen molar-refractivity contribution in [3.63, 3.8) is 0 Å². The first kappa shape index (κ1) is 34.7. The van der Waals surface area contributed by atoms with Crippen LogP contribution >= 0.6 is 0 Å². The lowest BCUT2D eigenvalue weighted by molar-refractivity contribution is -0.164. The van der Waals surface area contributed by atoms with Crippen LogP contribution in [0.4, 0.5) is 0 Å². The highest BCUT2D eigenvalue weighted by atomic mass is 16.6. The van der Waals surface area contributed by atoms with Crippen molar-refractivity contribution in [3.8, 4) is 0 Å². The number of rotatable bonds is 12. The molecule has 0 unspecified atom stereocenters. The fourth-order valence-corrected chi connectivity index (χ4v) is 4.13. The fourth-order valence-electron chi connectivity index (χ4n) is 4.13. The maximum Gasteiger partial charge on any atom is 0.309 e. The summed E-state index contributed by atoms with van der Waals surface area (Å²) in [5.41, 5.74) is 1.51. The number of esters is 2. The SMILES string of the molecule is CC(=O)[C@@H](Cc1ccccc1)[C@H](C)O.CC(=O)[C@@H](Cc1ccccc1)[C@H](C)OC(=O)[C@H](C)CC(=O)OC(C)(C)C. The molecule has 0 radical (unpaired) electrons. The summed E-state index contributed by atoms with van der Waals surface area (Å²) in [7, 11) is 0. The van der Waals surface area contributed by atoms with Gasteiger partial charge in [0.15, 0.2) is 0 Å². The van der Waals surface area contributed by atoms with Gasteiger partial charge in [-0.3, -0.25) is 19.2 Å². The summed E-state index contributed by atoms with van der Waals surface area (Å²) in [6.45, 7) is 13.4. The monoisotopic (exact) mass is 554 g/mol. The highest BCUT2D eigenvalue weighted by molar-refractivity contribution is 5.82. The minimum Gasteiger partial charge on any atom is -0.462 e. The molecule has 0 aliphatic rings. The zero-order valence-corrected chi connectivity index (χ0v) is 25.2. The van der Waals surface area contributed by atoms with Crippen molar-refractivity contribution < 1.29 is 33.8 Å². The van der Waals surface area contributed by atoms with Gasteiger partial charge in [0.1, 0.15) is 23.3 Å². The van der Waals surface area contributed by atoms with Crippen molar-refractivity contribution in [1.82, 2.24) is 0 Å². The first-order chi connectivity index (χ1) is 18.6. The summed E-state index contributed by atoms with van der Waals surface area (Å²) in [6.07, 6.45) is -0.0699. The van der Waals surface area contributed by atoms with E-state index in [9.17, 15) is 24.3 Å². The van der Waals surface area contributed by atoms with Gasteiger partial charge in [-0.1, -0.05) is 67.6 Å². The molecule has 0 bridgehead atoms. The quantitative estimate of drug-likeness (QED) is 0.343. The van der Waals surface area contributed by atoms with Gasteiger partial charge in [-0.15, -0.1) is 0 Å². The van der Waals surface area contributed by atoms with Crippen LogP contribution in [0.25, 0.3) is 0 Å². The molecule has 2 aromatic carbocycles. The van der Waals surface area contributed by atoms with E-state index in [0.29, 0.717) is 12.8 Å². The summed E-state index contributed by atoms with van der Waals surface area (Å²) in [6, 6.07) is 19.4. The summed E-state index contributed by atoms with van der Waals surface area (Å²) in [5, 5.41) is 9.42. The van der Waals surface area contributed by atoms with Crippen molar-refractivity contribution in [1.29, 1.82) is 0 Å². The van der Waals surface area contributed by atoms with E-state index in [1.807, 2.05) is 60.7 Å². The summed E-state index contributed by atoms with van der Waals surface area (Å²) >= 11 is 0. The van der Waals surface area contributed by atoms with E-state index in [4.69, 9.17) is 9.47 Å². The van der Waals surface area contributed by atoms with E-state index in [1.165, 1.54) is 13.8 Å². The minimum atomic E-state index is -0.628. The Labute approximate surface area is 239 Å². The predicted octanol–water partition coefficient (Wildman–Crippen LogP) is 5.55. The van der Waals surface area contributed by atoms with Gasteiger partial charge in [0.25, 0.3) is 0 Å². The number of carbonyl (C=O) groups is 4. The van der Waals surface area contributed by atoms with Crippen LogP contribution in [0.1, 0.15) is 72.9 Å². The average Bonchev–Trinajstić information content (AvgIpc) is 2.85. The van der Waals surface area contributed by atoms with Gasteiger partial charge < -0.3 is 14.6 Å². The van der Waals surface area contributed by atoms with Crippen molar-refractivity contribution >= 4 is 23.5 Å². The number of carbonyl (C=O) groups excluding carboxylic acids is 4. The van der Waals surface area contributed by atoms with Crippen LogP contribution in [0.5, 0.6) is 0 Å². The van der Waals surface area contributed by atoms with Crippen molar-refractivity contribution in [2.45, 2.75) is 92.5 Å². The van der Waals surface area contributed by atoms with Crippen LogP contribution in [-0.4, -0.2) is 46.4 Å².